The van der Waals surface area contributed by atoms with Crippen molar-refractivity contribution in [3.63, 3.8) is 0 Å². The number of benzene rings is 1. The molecule has 0 saturated carbocycles. The molecule has 76 valence electrons. The molecule has 1 aliphatic heterocycles. The molecule has 0 spiro atoms. The van der Waals surface area contributed by atoms with Crippen LogP contribution in [0.1, 0.15) is 11.1 Å². The fraction of sp³-hybridized carbons (Fsp3) is 0.333. The van der Waals surface area contributed by atoms with Gasteiger partial charge in [0.1, 0.15) is 11.5 Å². The van der Waals surface area contributed by atoms with Gasteiger partial charge in [-0.25, -0.2) is 0 Å². The highest BCUT2D eigenvalue weighted by Crippen LogP contribution is 2.26. The third kappa shape index (κ3) is 2.04. The van der Waals surface area contributed by atoms with Crippen LogP contribution < -0.4 is 4.74 Å². The SMILES string of the molecule is O=S(=O)(F)Cc1ccc2c(c1)CCO2. The maximum absolute atomic E-state index is 12.4. The summed E-state index contributed by atoms with van der Waals surface area (Å²) in [7, 11) is -4.44. The van der Waals surface area contributed by atoms with E-state index >= 15 is 0 Å². The molecule has 0 bridgehead atoms. The molecule has 0 aliphatic carbocycles. The van der Waals surface area contributed by atoms with Crippen LogP contribution >= 0.6 is 0 Å². The van der Waals surface area contributed by atoms with Gasteiger partial charge in [-0.3, -0.25) is 0 Å². The zero-order valence-electron chi connectivity index (χ0n) is 7.36. The number of fused-ring (bicyclic) bond motifs is 1. The van der Waals surface area contributed by atoms with Gasteiger partial charge in [-0.15, -0.1) is 3.89 Å². The molecule has 0 aromatic heterocycles. The van der Waals surface area contributed by atoms with Crippen LogP contribution in [0.3, 0.4) is 0 Å². The summed E-state index contributed by atoms with van der Waals surface area (Å²) in [4.78, 5) is 0. The zero-order valence-corrected chi connectivity index (χ0v) is 8.18. The minimum Gasteiger partial charge on any atom is -0.493 e. The molecule has 0 amide bonds. The first kappa shape index (κ1) is 9.45. The Kier molecular flexibility index (Phi) is 2.19. The third-order valence-corrected chi connectivity index (χ3v) is 2.77. The Bertz CT molecular complexity index is 453. The zero-order chi connectivity index (χ0) is 10.2. The van der Waals surface area contributed by atoms with Crippen molar-refractivity contribution in [3.8, 4) is 5.75 Å². The Morgan fingerprint density at radius 3 is 2.93 bits per heavy atom. The second-order valence-electron chi connectivity index (χ2n) is 3.22. The first-order chi connectivity index (χ1) is 6.54. The van der Waals surface area contributed by atoms with Gasteiger partial charge >= 0.3 is 10.2 Å². The molecule has 0 fully saturated rings. The number of halogens is 1. The molecule has 0 N–H and O–H groups in total. The van der Waals surface area contributed by atoms with Crippen molar-refractivity contribution in [2.75, 3.05) is 6.61 Å². The summed E-state index contributed by atoms with van der Waals surface area (Å²) in [6, 6.07) is 4.93. The Morgan fingerprint density at radius 1 is 1.43 bits per heavy atom. The Hall–Kier alpha value is -1.10. The largest absolute Gasteiger partial charge is 0.493 e. The summed E-state index contributed by atoms with van der Waals surface area (Å²) in [5, 5.41) is 0. The maximum atomic E-state index is 12.4. The minimum absolute atomic E-state index is 0.469. The smallest absolute Gasteiger partial charge is 0.306 e. The van der Waals surface area contributed by atoms with Crippen molar-refractivity contribution in [1.29, 1.82) is 0 Å². The summed E-state index contributed by atoms with van der Waals surface area (Å²) < 4.78 is 38.4. The molecule has 1 aliphatic rings. The van der Waals surface area contributed by atoms with E-state index in [9.17, 15) is 12.3 Å². The number of hydrogen-bond acceptors (Lipinski definition) is 3. The van der Waals surface area contributed by atoms with Crippen LogP contribution in [0.4, 0.5) is 3.89 Å². The number of ether oxygens (including phenoxy) is 1. The van der Waals surface area contributed by atoms with Crippen molar-refractivity contribution < 1.29 is 17.0 Å². The lowest BCUT2D eigenvalue weighted by Crippen LogP contribution is -1.96. The molecule has 1 heterocycles. The van der Waals surface area contributed by atoms with Crippen molar-refractivity contribution in [2.45, 2.75) is 12.2 Å². The normalized spacial score (nSPS) is 14.9. The molecule has 0 saturated heterocycles. The Labute approximate surface area is 81.7 Å². The molecular weight excluding hydrogens is 207 g/mol. The van der Waals surface area contributed by atoms with E-state index in [-0.39, 0.29) is 0 Å². The van der Waals surface area contributed by atoms with Gasteiger partial charge in [0.25, 0.3) is 0 Å². The van der Waals surface area contributed by atoms with E-state index in [2.05, 4.69) is 0 Å². The van der Waals surface area contributed by atoms with Crippen LogP contribution in [-0.4, -0.2) is 15.0 Å². The molecule has 3 nitrogen and oxygen atoms in total. The molecule has 0 unspecified atom stereocenters. The number of hydrogen-bond donors (Lipinski definition) is 0. The van der Waals surface area contributed by atoms with Crippen LogP contribution in [-0.2, 0) is 22.4 Å². The van der Waals surface area contributed by atoms with E-state index in [0.29, 0.717) is 12.2 Å². The lowest BCUT2D eigenvalue weighted by atomic mass is 10.1. The summed E-state index contributed by atoms with van der Waals surface area (Å²) in [6.45, 7) is 0.612. The standard InChI is InChI=1S/C9H9FO3S/c10-14(11,12)6-7-1-2-9-8(5-7)3-4-13-9/h1-2,5H,3-4,6H2. The van der Waals surface area contributed by atoms with E-state index in [4.69, 9.17) is 4.74 Å². The van der Waals surface area contributed by atoms with E-state index in [1.807, 2.05) is 0 Å². The molecular formula is C9H9FO3S. The fourth-order valence-electron chi connectivity index (χ4n) is 1.53. The van der Waals surface area contributed by atoms with Gasteiger partial charge in [-0.1, -0.05) is 12.1 Å². The van der Waals surface area contributed by atoms with Gasteiger partial charge in [-0.05, 0) is 17.2 Å². The van der Waals surface area contributed by atoms with Crippen LogP contribution in [0.5, 0.6) is 5.75 Å². The summed E-state index contributed by atoms with van der Waals surface area (Å²) >= 11 is 0. The first-order valence-corrected chi connectivity index (χ1v) is 5.77. The van der Waals surface area contributed by atoms with E-state index in [1.54, 1.807) is 18.2 Å². The third-order valence-electron chi connectivity index (χ3n) is 2.09. The average Bonchev–Trinajstić information content (AvgIpc) is 2.47. The van der Waals surface area contributed by atoms with Gasteiger partial charge in [0, 0.05) is 6.42 Å². The highest BCUT2D eigenvalue weighted by Gasteiger charge is 2.15. The van der Waals surface area contributed by atoms with Crippen LogP contribution in [0, 0.1) is 0 Å². The highest BCUT2D eigenvalue weighted by atomic mass is 32.3. The lowest BCUT2D eigenvalue weighted by molar-refractivity contribution is 0.357. The van der Waals surface area contributed by atoms with Crippen molar-refractivity contribution in [3.05, 3.63) is 29.3 Å². The fourth-order valence-corrected chi connectivity index (χ4v) is 2.11. The minimum atomic E-state index is -4.44. The van der Waals surface area contributed by atoms with Gasteiger partial charge in [0.2, 0.25) is 0 Å². The molecule has 1 aromatic rings. The van der Waals surface area contributed by atoms with E-state index in [0.717, 1.165) is 17.7 Å². The topological polar surface area (TPSA) is 43.4 Å². The van der Waals surface area contributed by atoms with Crippen LogP contribution in [0.2, 0.25) is 0 Å². The van der Waals surface area contributed by atoms with E-state index in [1.165, 1.54) is 0 Å². The first-order valence-electron chi connectivity index (χ1n) is 4.21. The van der Waals surface area contributed by atoms with Crippen molar-refractivity contribution in [1.82, 2.24) is 0 Å². The second kappa shape index (κ2) is 3.24. The van der Waals surface area contributed by atoms with Gasteiger partial charge in [0.15, 0.2) is 0 Å². The Balaban J connectivity index is 2.29. The predicted octanol–water partition coefficient (Wildman–Crippen LogP) is 1.42. The summed E-state index contributed by atoms with van der Waals surface area (Å²) in [5.74, 6) is 0.213. The summed E-state index contributed by atoms with van der Waals surface area (Å²) in [5.41, 5.74) is 1.42. The second-order valence-corrected chi connectivity index (χ2v) is 4.59. The Morgan fingerprint density at radius 2 is 2.21 bits per heavy atom. The average molecular weight is 216 g/mol. The van der Waals surface area contributed by atoms with Crippen molar-refractivity contribution in [2.24, 2.45) is 0 Å². The van der Waals surface area contributed by atoms with Crippen LogP contribution in [0.15, 0.2) is 18.2 Å². The highest BCUT2D eigenvalue weighted by molar-refractivity contribution is 7.85. The predicted molar refractivity (Wildman–Crippen MR) is 49.4 cm³/mol. The molecule has 2 rings (SSSR count). The summed E-state index contributed by atoms with van der Waals surface area (Å²) in [6.07, 6.45) is 0.759. The quantitative estimate of drug-likeness (QED) is 0.702. The molecule has 0 radical (unpaired) electrons. The van der Waals surface area contributed by atoms with Gasteiger partial charge < -0.3 is 4.74 Å². The molecule has 5 heteroatoms. The van der Waals surface area contributed by atoms with Crippen molar-refractivity contribution >= 4 is 10.2 Å². The lowest BCUT2D eigenvalue weighted by Gasteiger charge is -2.01. The van der Waals surface area contributed by atoms with Gasteiger partial charge in [0.05, 0.1) is 6.61 Å². The monoisotopic (exact) mass is 216 g/mol. The molecule has 14 heavy (non-hydrogen) atoms. The van der Waals surface area contributed by atoms with Gasteiger partial charge in [-0.2, -0.15) is 8.42 Å². The number of rotatable bonds is 2. The maximum Gasteiger partial charge on any atom is 0.306 e. The molecule has 0 atom stereocenters. The van der Waals surface area contributed by atoms with E-state index < -0.39 is 16.0 Å². The van der Waals surface area contributed by atoms with Crippen LogP contribution in [0.25, 0.3) is 0 Å². The molecule has 1 aromatic carbocycles.